The second kappa shape index (κ2) is 9.00. The smallest absolute Gasteiger partial charge is 0.362 e. The van der Waals surface area contributed by atoms with Crippen LogP contribution in [0.5, 0.6) is 5.75 Å². The number of aromatic nitrogens is 2. The predicted octanol–water partition coefficient (Wildman–Crippen LogP) is -1.78. The van der Waals surface area contributed by atoms with E-state index >= 15 is 0 Å². The summed E-state index contributed by atoms with van der Waals surface area (Å²) in [5, 5.41) is 25.9. The van der Waals surface area contributed by atoms with Crippen molar-refractivity contribution in [2.45, 2.75) is 18.7 Å². The van der Waals surface area contributed by atoms with Gasteiger partial charge in [0.1, 0.15) is 30.1 Å². The van der Waals surface area contributed by atoms with Gasteiger partial charge in [-0.2, -0.15) is 13.1 Å². The summed E-state index contributed by atoms with van der Waals surface area (Å²) in [4.78, 5) is 45.0. The quantitative estimate of drug-likeness (QED) is 0.0883. The van der Waals surface area contributed by atoms with Crippen molar-refractivity contribution < 1.29 is 42.1 Å². The first kappa shape index (κ1) is 23.9. The van der Waals surface area contributed by atoms with E-state index in [-0.39, 0.29) is 20.8 Å². The van der Waals surface area contributed by atoms with Gasteiger partial charge in [0, 0.05) is 11.4 Å². The summed E-state index contributed by atoms with van der Waals surface area (Å²) in [5.74, 6) is -3.13. The molecule has 15 nitrogen and oxygen atoms in total. The molecule has 1 fully saturated rings. The molecule has 6 N–H and O–H groups in total. The molecule has 2 amide bonds. The van der Waals surface area contributed by atoms with Crippen LogP contribution >= 0.6 is 11.3 Å². The molecule has 178 valence electrons. The number of hydrogen-bond donors (Lipinski definition) is 5. The van der Waals surface area contributed by atoms with Crippen molar-refractivity contribution in [1.82, 2.24) is 19.3 Å². The second-order valence-electron chi connectivity index (χ2n) is 6.43. The van der Waals surface area contributed by atoms with Gasteiger partial charge < -0.3 is 26.2 Å². The van der Waals surface area contributed by atoms with E-state index in [1.165, 1.54) is 5.38 Å². The molecule has 1 aliphatic rings. The van der Waals surface area contributed by atoms with E-state index in [0.29, 0.717) is 10.9 Å². The molecule has 2 aromatic heterocycles. The molecule has 1 saturated heterocycles. The summed E-state index contributed by atoms with van der Waals surface area (Å²) in [6, 6.07) is -2.47. The van der Waals surface area contributed by atoms with Crippen molar-refractivity contribution in [3.05, 3.63) is 39.3 Å². The number of nitrogens with one attached hydrogen (secondary N) is 1. The third kappa shape index (κ3) is 4.86. The van der Waals surface area contributed by atoms with Gasteiger partial charge in [0.25, 0.3) is 11.8 Å². The van der Waals surface area contributed by atoms with Crippen molar-refractivity contribution in [3.8, 4) is 5.75 Å². The Kier molecular flexibility index (Phi) is 6.51. The van der Waals surface area contributed by atoms with Gasteiger partial charge in [-0.1, -0.05) is 5.16 Å². The molecule has 33 heavy (non-hydrogen) atoms. The molecule has 18 heteroatoms. The maximum Gasteiger partial charge on any atom is 0.362 e. The number of halogens is 1. The van der Waals surface area contributed by atoms with Gasteiger partial charge >= 0.3 is 10.3 Å². The van der Waals surface area contributed by atoms with Gasteiger partial charge in [-0.25, -0.2) is 13.7 Å². The Hall–Kier alpha value is -3.77. The molecular weight excluding hydrogens is 491 g/mol. The summed E-state index contributed by atoms with van der Waals surface area (Å²) in [6.07, 6.45) is 0.708. The number of thiazole rings is 1. The number of aromatic hydroxyl groups is 1. The van der Waals surface area contributed by atoms with Crippen LogP contribution in [-0.2, 0) is 31.3 Å². The third-order valence-corrected chi connectivity index (χ3v) is 5.92. The number of carbonyl (C=O) groups excluding carboxylic acids is 2. The van der Waals surface area contributed by atoms with E-state index in [9.17, 15) is 37.5 Å². The van der Waals surface area contributed by atoms with Gasteiger partial charge in [-0.15, -0.1) is 11.3 Å². The number of amides is 2. The molecule has 2 unspecified atom stereocenters. The Morgan fingerprint density at radius 2 is 2.12 bits per heavy atom. The lowest BCUT2D eigenvalue weighted by molar-refractivity contribution is -0.145. The molecule has 0 saturated carbocycles. The number of pyridine rings is 1. The lowest BCUT2D eigenvalue weighted by Gasteiger charge is -2.42. The number of carbonyl (C=O) groups is 2. The summed E-state index contributed by atoms with van der Waals surface area (Å²) < 4.78 is 44.9. The van der Waals surface area contributed by atoms with E-state index in [0.717, 1.165) is 17.4 Å². The van der Waals surface area contributed by atoms with Crippen molar-refractivity contribution >= 4 is 44.3 Å². The minimum atomic E-state index is -5.03. The van der Waals surface area contributed by atoms with Crippen molar-refractivity contribution in [3.63, 3.8) is 0 Å². The van der Waals surface area contributed by atoms with Crippen molar-refractivity contribution in [1.29, 1.82) is 0 Å². The fraction of sp³-hybridized carbons (Fsp3) is 0.267. The third-order valence-electron chi connectivity index (χ3n) is 4.30. The summed E-state index contributed by atoms with van der Waals surface area (Å²) >= 11 is 0.923. The van der Waals surface area contributed by atoms with Crippen LogP contribution in [0.1, 0.15) is 11.4 Å². The highest BCUT2D eigenvalue weighted by atomic mass is 32.2. The molecule has 2 atom stereocenters. The lowest BCUT2D eigenvalue weighted by atomic mass is 10.00. The first-order chi connectivity index (χ1) is 15.4. The van der Waals surface area contributed by atoms with Crippen LogP contribution in [0, 0.1) is 0 Å². The van der Waals surface area contributed by atoms with Crippen LogP contribution in [0.4, 0.5) is 9.52 Å². The Morgan fingerprint density at radius 3 is 2.70 bits per heavy atom. The average molecular weight is 506 g/mol. The molecule has 0 spiro atoms. The summed E-state index contributed by atoms with van der Waals surface area (Å²) in [5.41, 5.74) is 3.89. The minimum absolute atomic E-state index is 0.0344. The fourth-order valence-corrected chi connectivity index (χ4v) is 4.16. The molecule has 0 aromatic carbocycles. The first-order valence-electron chi connectivity index (χ1n) is 8.66. The van der Waals surface area contributed by atoms with Crippen LogP contribution in [0.2, 0.25) is 0 Å². The molecule has 0 aliphatic carbocycles. The topological polar surface area (TPSA) is 227 Å². The van der Waals surface area contributed by atoms with Gasteiger partial charge in [0.05, 0.1) is 6.20 Å². The Morgan fingerprint density at radius 1 is 1.42 bits per heavy atom. The number of nitrogens with two attached hydrogens (primary N) is 1. The Bertz CT molecular complexity index is 1290. The van der Waals surface area contributed by atoms with Crippen molar-refractivity contribution in [2.24, 2.45) is 5.16 Å². The molecule has 3 rings (SSSR count). The lowest BCUT2D eigenvalue weighted by Crippen LogP contribution is -2.73. The van der Waals surface area contributed by atoms with E-state index in [4.69, 9.17) is 15.1 Å². The van der Waals surface area contributed by atoms with E-state index in [2.05, 4.69) is 15.5 Å². The minimum Gasteiger partial charge on any atom is -0.503 e. The highest BCUT2D eigenvalue weighted by Crippen LogP contribution is 2.24. The fourth-order valence-electron chi connectivity index (χ4n) is 2.75. The zero-order valence-electron chi connectivity index (χ0n) is 16.2. The van der Waals surface area contributed by atoms with Crippen molar-refractivity contribution in [2.75, 3.05) is 12.4 Å². The van der Waals surface area contributed by atoms with Gasteiger partial charge in [-0.3, -0.25) is 18.9 Å². The SMILES string of the molecule is Nc1nc(/C(=N/OCc2cc(=O)c(O)cn2O)C(=O)NC2C(=O)N(S(=O)(=O)O)C2CF)cs1. The zero-order chi connectivity index (χ0) is 24.5. The first-order valence-corrected chi connectivity index (χ1v) is 10.9. The van der Waals surface area contributed by atoms with E-state index in [1.54, 1.807) is 0 Å². The molecule has 1 aliphatic heterocycles. The number of hydrogen-bond acceptors (Lipinski definition) is 12. The zero-order valence-corrected chi connectivity index (χ0v) is 17.8. The second-order valence-corrected chi connectivity index (χ2v) is 8.61. The van der Waals surface area contributed by atoms with Gasteiger partial charge in [0.15, 0.2) is 23.2 Å². The van der Waals surface area contributed by atoms with Crippen LogP contribution in [0.15, 0.2) is 27.6 Å². The maximum atomic E-state index is 13.2. The number of rotatable bonds is 8. The maximum absolute atomic E-state index is 13.2. The monoisotopic (exact) mass is 506 g/mol. The predicted molar refractivity (Wildman–Crippen MR) is 107 cm³/mol. The van der Waals surface area contributed by atoms with Crippen LogP contribution in [0.25, 0.3) is 0 Å². The number of nitrogen functional groups attached to an aromatic ring is 1. The van der Waals surface area contributed by atoms with Crippen LogP contribution < -0.4 is 16.5 Å². The Balaban J connectivity index is 1.81. The van der Waals surface area contributed by atoms with Crippen LogP contribution in [0.3, 0.4) is 0 Å². The molecular formula is C15H15FN6O9S2. The number of alkyl halides is 1. The standard InChI is InChI=1S/C15H15FN6O9S2/c16-2-8-12(14(26)22(8)33(28,29)30)19-13(25)11(7-5-32-15(17)18-7)20-31-4-6-1-9(23)10(24)3-21(6)27/h1,3,5,8,12,24,27H,2,4H2,(H2,17,18)(H,19,25)(H,28,29,30)/b20-11-. The molecule has 3 heterocycles. The highest BCUT2D eigenvalue weighted by molar-refractivity contribution is 7.84. The van der Waals surface area contributed by atoms with Gasteiger partial charge in [-0.05, 0) is 0 Å². The molecule has 0 bridgehead atoms. The number of nitrogens with zero attached hydrogens (tertiary/aromatic N) is 4. The molecule has 2 aromatic rings. The van der Waals surface area contributed by atoms with E-state index in [1.807, 2.05) is 0 Å². The molecule has 0 radical (unpaired) electrons. The van der Waals surface area contributed by atoms with E-state index < -0.39 is 64.4 Å². The number of anilines is 1. The number of β-lactam (4-membered cyclic amide) rings is 1. The van der Waals surface area contributed by atoms with Crippen LogP contribution in [-0.4, -0.2) is 73.6 Å². The number of oxime groups is 1. The summed E-state index contributed by atoms with van der Waals surface area (Å²) in [6.45, 7) is -1.95. The normalized spacial score (nSPS) is 18.7. The summed E-state index contributed by atoms with van der Waals surface area (Å²) in [7, 11) is -5.03. The van der Waals surface area contributed by atoms with Gasteiger partial charge in [0.2, 0.25) is 5.43 Å². The average Bonchev–Trinajstić information content (AvgIpc) is 3.15. The highest BCUT2D eigenvalue weighted by Gasteiger charge is 2.54. The largest absolute Gasteiger partial charge is 0.503 e. The Labute approximate surface area is 187 Å².